The average molecular weight is 443 g/mol. The Morgan fingerprint density at radius 1 is 1.20 bits per heavy atom. The summed E-state index contributed by atoms with van der Waals surface area (Å²) in [4.78, 5) is 14.6. The Labute approximate surface area is 185 Å². The quantitative estimate of drug-likeness (QED) is 0.460. The summed E-state index contributed by atoms with van der Waals surface area (Å²) in [7, 11) is 1.79. The zero-order valence-electron chi connectivity index (χ0n) is 16.9. The van der Waals surface area contributed by atoms with Crippen molar-refractivity contribution >= 4 is 35.0 Å². The summed E-state index contributed by atoms with van der Waals surface area (Å²) in [5.41, 5.74) is 0.868. The van der Waals surface area contributed by atoms with Gasteiger partial charge in [0.05, 0.1) is 10.3 Å². The van der Waals surface area contributed by atoms with E-state index >= 15 is 0 Å². The SMILES string of the molecule is CC(Sc1nnc(COc2ccccc2Cl)n1C1CC1)C(=O)N(C)c1ccccc1. The number of halogens is 1. The fourth-order valence-electron chi connectivity index (χ4n) is 3.15. The van der Waals surface area contributed by atoms with Gasteiger partial charge < -0.3 is 9.64 Å². The highest BCUT2D eigenvalue weighted by Crippen LogP contribution is 2.40. The first-order valence-electron chi connectivity index (χ1n) is 9.85. The number of benzene rings is 2. The molecule has 1 saturated carbocycles. The maximum absolute atomic E-state index is 12.9. The van der Waals surface area contributed by atoms with E-state index in [1.54, 1.807) is 18.0 Å². The van der Waals surface area contributed by atoms with Crippen molar-refractivity contribution in [2.45, 2.75) is 42.8 Å². The molecule has 1 heterocycles. The van der Waals surface area contributed by atoms with Crippen LogP contribution in [0.5, 0.6) is 5.75 Å². The summed E-state index contributed by atoms with van der Waals surface area (Å²) in [5.74, 6) is 1.38. The van der Waals surface area contributed by atoms with Gasteiger partial charge in [-0.05, 0) is 44.0 Å². The summed E-state index contributed by atoms with van der Waals surface area (Å²) in [6, 6.07) is 17.4. The molecule has 1 unspecified atom stereocenters. The van der Waals surface area contributed by atoms with Crippen molar-refractivity contribution in [3.63, 3.8) is 0 Å². The van der Waals surface area contributed by atoms with Gasteiger partial charge in [0.2, 0.25) is 5.91 Å². The van der Waals surface area contributed by atoms with Crippen molar-refractivity contribution in [1.29, 1.82) is 0 Å². The van der Waals surface area contributed by atoms with E-state index in [1.165, 1.54) is 11.8 Å². The van der Waals surface area contributed by atoms with Crippen LogP contribution >= 0.6 is 23.4 Å². The van der Waals surface area contributed by atoms with Crippen LogP contribution in [0, 0.1) is 0 Å². The second-order valence-corrected chi connectivity index (χ2v) is 8.93. The van der Waals surface area contributed by atoms with Crippen LogP contribution in [0.1, 0.15) is 31.6 Å². The normalized spacial score (nSPS) is 14.4. The average Bonchev–Trinajstić information content (AvgIpc) is 3.53. The highest BCUT2D eigenvalue weighted by atomic mass is 35.5. The van der Waals surface area contributed by atoms with Gasteiger partial charge in [0, 0.05) is 18.8 Å². The van der Waals surface area contributed by atoms with Crippen molar-refractivity contribution < 1.29 is 9.53 Å². The Morgan fingerprint density at radius 3 is 2.60 bits per heavy atom. The second kappa shape index (κ2) is 9.10. The maximum Gasteiger partial charge on any atom is 0.240 e. The molecule has 0 saturated heterocycles. The summed E-state index contributed by atoms with van der Waals surface area (Å²) < 4.78 is 7.97. The van der Waals surface area contributed by atoms with E-state index in [9.17, 15) is 4.79 Å². The number of anilines is 1. The molecule has 1 amide bonds. The highest BCUT2D eigenvalue weighted by Gasteiger charge is 2.32. The van der Waals surface area contributed by atoms with Crippen LogP contribution < -0.4 is 9.64 Å². The molecule has 6 nitrogen and oxygen atoms in total. The first-order chi connectivity index (χ1) is 14.5. The molecule has 0 spiro atoms. The fourth-order valence-corrected chi connectivity index (χ4v) is 4.37. The molecule has 8 heteroatoms. The smallest absolute Gasteiger partial charge is 0.240 e. The molecule has 0 aliphatic heterocycles. The number of para-hydroxylation sites is 2. The summed E-state index contributed by atoms with van der Waals surface area (Å²) >= 11 is 7.61. The molecule has 30 heavy (non-hydrogen) atoms. The first kappa shape index (κ1) is 20.8. The Bertz CT molecular complexity index is 1020. The number of hydrogen-bond acceptors (Lipinski definition) is 5. The number of hydrogen-bond donors (Lipinski definition) is 0. The third-order valence-corrected chi connectivity index (χ3v) is 6.30. The lowest BCUT2D eigenvalue weighted by Gasteiger charge is -2.21. The van der Waals surface area contributed by atoms with Gasteiger partial charge in [-0.25, -0.2) is 0 Å². The molecular weight excluding hydrogens is 420 g/mol. The lowest BCUT2D eigenvalue weighted by atomic mass is 10.3. The fraction of sp³-hybridized carbons (Fsp3) is 0.318. The van der Waals surface area contributed by atoms with E-state index in [0.717, 1.165) is 29.5 Å². The molecule has 1 aliphatic rings. The molecule has 0 N–H and O–H groups in total. The minimum atomic E-state index is -0.297. The molecule has 0 radical (unpaired) electrons. The van der Waals surface area contributed by atoms with Gasteiger partial charge in [0.1, 0.15) is 12.4 Å². The van der Waals surface area contributed by atoms with Crippen molar-refractivity contribution in [2.75, 3.05) is 11.9 Å². The monoisotopic (exact) mass is 442 g/mol. The van der Waals surface area contributed by atoms with Crippen LogP contribution in [0.3, 0.4) is 0 Å². The van der Waals surface area contributed by atoms with Gasteiger partial charge in [0.25, 0.3) is 0 Å². The van der Waals surface area contributed by atoms with E-state index < -0.39 is 0 Å². The molecule has 1 atom stereocenters. The Balaban J connectivity index is 1.46. The summed E-state index contributed by atoms with van der Waals surface area (Å²) in [6.07, 6.45) is 2.16. The Hall–Kier alpha value is -2.51. The number of carbonyl (C=O) groups excluding carboxylic acids is 1. The molecule has 1 aliphatic carbocycles. The number of thioether (sulfide) groups is 1. The number of aromatic nitrogens is 3. The number of amides is 1. The van der Waals surface area contributed by atoms with Gasteiger partial charge in [-0.2, -0.15) is 0 Å². The second-order valence-electron chi connectivity index (χ2n) is 7.21. The minimum absolute atomic E-state index is 0.0189. The number of rotatable bonds is 8. The number of nitrogens with zero attached hydrogens (tertiary/aromatic N) is 4. The van der Waals surface area contributed by atoms with Gasteiger partial charge in [0.15, 0.2) is 11.0 Å². The zero-order valence-corrected chi connectivity index (χ0v) is 18.4. The van der Waals surface area contributed by atoms with Crippen LogP contribution in [0.15, 0.2) is 59.8 Å². The molecule has 1 fully saturated rings. The van der Waals surface area contributed by atoms with E-state index in [0.29, 0.717) is 16.8 Å². The lowest BCUT2D eigenvalue weighted by molar-refractivity contribution is -0.117. The van der Waals surface area contributed by atoms with Crippen LogP contribution in [-0.2, 0) is 11.4 Å². The van der Waals surface area contributed by atoms with Gasteiger partial charge in [-0.15, -0.1) is 10.2 Å². The summed E-state index contributed by atoms with van der Waals surface area (Å²) in [6.45, 7) is 2.18. The molecule has 156 valence electrons. The Kier molecular flexibility index (Phi) is 6.29. The predicted octanol–water partition coefficient (Wildman–Crippen LogP) is 4.99. The zero-order chi connectivity index (χ0) is 21.1. The predicted molar refractivity (Wildman–Crippen MR) is 119 cm³/mol. The minimum Gasteiger partial charge on any atom is -0.484 e. The molecule has 0 bridgehead atoms. The van der Waals surface area contributed by atoms with Crippen LogP contribution in [0.4, 0.5) is 5.69 Å². The topological polar surface area (TPSA) is 60.3 Å². The highest BCUT2D eigenvalue weighted by molar-refractivity contribution is 8.00. The van der Waals surface area contributed by atoms with Crippen molar-refractivity contribution in [3.8, 4) is 5.75 Å². The third-order valence-electron chi connectivity index (χ3n) is 4.94. The maximum atomic E-state index is 12.9. The van der Waals surface area contributed by atoms with Crippen LogP contribution in [-0.4, -0.2) is 33.0 Å². The van der Waals surface area contributed by atoms with Crippen LogP contribution in [0.2, 0.25) is 5.02 Å². The largest absolute Gasteiger partial charge is 0.484 e. The lowest BCUT2D eigenvalue weighted by Crippen LogP contribution is -2.33. The van der Waals surface area contributed by atoms with Gasteiger partial charge >= 0.3 is 0 Å². The molecular formula is C22H23ClN4O2S. The van der Waals surface area contributed by atoms with Crippen molar-refractivity contribution in [2.24, 2.45) is 0 Å². The van der Waals surface area contributed by atoms with Gasteiger partial charge in [-0.1, -0.05) is 53.7 Å². The van der Waals surface area contributed by atoms with Crippen LogP contribution in [0.25, 0.3) is 0 Å². The molecule has 4 rings (SSSR count). The van der Waals surface area contributed by atoms with Crippen molar-refractivity contribution in [3.05, 3.63) is 65.4 Å². The number of ether oxygens (including phenoxy) is 1. The first-order valence-corrected chi connectivity index (χ1v) is 11.1. The van der Waals surface area contributed by atoms with E-state index in [2.05, 4.69) is 14.8 Å². The van der Waals surface area contributed by atoms with Crippen molar-refractivity contribution in [1.82, 2.24) is 14.8 Å². The molecule has 3 aromatic rings. The van der Waals surface area contributed by atoms with E-state index in [4.69, 9.17) is 16.3 Å². The van der Waals surface area contributed by atoms with E-state index in [1.807, 2.05) is 55.5 Å². The Morgan fingerprint density at radius 2 is 1.90 bits per heavy atom. The van der Waals surface area contributed by atoms with Gasteiger partial charge in [-0.3, -0.25) is 9.36 Å². The summed E-state index contributed by atoms with van der Waals surface area (Å²) in [5, 5.41) is 9.71. The molecule has 2 aromatic carbocycles. The number of carbonyl (C=O) groups is 1. The standard InChI is InChI=1S/C22H23ClN4O2S/c1-15(21(28)26(2)16-8-4-3-5-9-16)30-22-25-24-20(27(22)17-12-13-17)14-29-19-11-7-6-10-18(19)23/h3-11,15,17H,12-14H2,1-2H3. The third kappa shape index (κ3) is 4.63. The van der Waals surface area contributed by atoms with E-state index in [-0.39, 0.29) is 17.8 Å². The molecule has 1 aromatic heterocycles.